The number of piperidine rings is 1. The molecule has 2 aliphatic rings. The maximum atomic E-state index is 13.1. The van der Waals surface area contributed by atoms with Gasteiger partial charge < -0.3 is 19.9 Å². The van der Waals surface area contributed by atoms with Crippen molar-refractivity contribution in [3.05, 3.63) is 30.3 Å². The standard InChI is InChI=1S/C26H35F2N5O4S/c1-16(2)38(35,36)19-6-8-22(37-5)20(14-19)29-24-9-7-21-25(30-24)33(17(3)26(34)31(21)4)18-10-12-32(13-11-18)15-23(27)28/h6-9,14,16-18,23H,10-13,15H2,1-5H3,(H,29,30)/t17-/m1/s1. The molecule has 1 fully saturated rings. The van der Waals surface area contributed by atoms with Gasteiger partial charge in [0.25, 0.3) is 6.43 Å². The number of alkyl halides is 2. The number of anilines is 4. The fourth-order valence-electron chi connectivity index (χ4n) is 5.10. The number of methoxy groups -OCH3 is 1. The van der Waals surface area contributed by atoms with Crippen LogP contribution in [0.2, 0.25) is 0 Å². The first-order valence-electron chi connectivity index (χ1n) is 12.7. The Kier molecular flexibility index (Phi) is 8.12. The third-order valence-electron chi connectivity index (χ3n) is 7.30. The number of hydrogen-bond donors (Lipinski definition) is 1. The van der Waals surface area contributed by atoms with E-state index in [9.17, 15) is 22.0 Å². The van der Waals surface area contributed by atoms with Crippen LogP contribution in [0.25, 0.3) is 0 Å². The van der Waals surface area contributed by atoms with Crippen molar-refractivity contribution in [2.24, 2.45) is 0 Å². The predicted octanol–water partition coefficient (Wildman–Crippen LogP) is 3.92. The number of fused-ring (bicyclic) bond motifs is 1. The maximum Gasteiger partial charge on any atom is 0.251 e. The Morgan fingerprint density at radius 2 is 1.84 bits per heavy atom. The average molecular weight is 552 g/mol. The van der Waals surface area contributed by atoms with E-state index in [1.807, 2.05) is 11.8 Å². The van der Waals surface area contributed by atoms with Crippen LogP contribution in [0.1, 0.15) is 33.6 Å². The summed E-state index contributed by atoms with van der Waals surface area (Å²) in [6, 6.07) is 7.67. The molecule has 0 spiro atoms. The van der Waals surface area contributed by atoms with Gasteiger partial charge in [-0.1, -0.05) is 0 Å². The van der Waals surface area contributed by atoms with Gasteiger partial charge in [-0.2, -0.15) is 0 Å². The van der Waals surface area contributed by atoms with Gasteiger partial charge in [0.15, 0.2) is 15.7 Å². The highest BCUT2D eigenvalue weighted by Gasteiger charge is 2.39. The number of halogens is 2. The van der Waals surface area contributed by atoms with Gasteiger partial charge in [0.1, 0.15) is 17.6 Å². The Balaban J connectivity index is 1.67. The summed E-state index contributed by atoms with van der Waals surface area (Å²) in [5.74, 6) is 1.46. The van der Waals surface area contributed by atoms with Crippen molar-refractivity contribution in [1.29, 1.82) is 0 Å². The minimum Gasteiger partial charge on any atom is -0.495 e. The highest BCUT2D eigenvalue weighted by molar-refractivity contribution is 7.92. The van der Waals surface area contributed by atoms with E-state index in [0.717, 1.165) is 0 Å². The highest BCUT2D eigenvalue weighted by Crippen LogP contribution is 2.39. The zero-order valence-corrected chi connectivity index (χ0v) is 23.1. The summed E-state index contributed by atoms with van der Waals surface area (Å²) >= 11 is 0. The zero-order valence-electron chi connectivity index (χ0n) is 22.3. The Bertz CT molecular complexity index is 1280. The summed E-state index contributed by atoms with van der Waals surface area (Å²) in [4.78, 5) is 23.4. The van der Waals surface area contributed by atoms with Crippen LogP contribution in [-0.4, -0.2) is 81.8 Å². The molecule has 1 aromatic carbocycles. The van der Waals surface area contributed by atoms with E-state index < -0.39 is 27.6 Å². The maximum absolute atomic E-state index is 13.1. The number of carbonyl (C=O) groups is 1. The van der Waals surface area contributed by atoms with Crippen LogP contribution in [0, 0.1) is 0 Å². The fourth-order valence-corrected chi connectivity index (χ4v) is 6.18. The van der Waals surface area contributed by atoms with Crippen LogP contribution in [0.5, 0.6) is 5.75 Å². The van der Waals surface area contributed by atoms with Crippen LogP contribution < -0.4 is 19.9 Å². The van der Waals surface area contributed by atoms with Crippen molar-refractivity contribution in [2.75, 3.05) is 48.9 Å². The Morgan fingerprint density at radius 3 is 2.45 bits per heavy atom. The summed E-state index contributed by atoms with van der Waals surface area (Å²) in [5, 5.41) is 2.61. The quantitative estimate of drug-likeness (QED) is 0.528. The molecule has 1 amide bonds. The number of aromatic nitrogens is 1. The Hall–Kier alpha value is -2.99. The molecule has 0 radical (unpaired) electrons. The first-order chi connectivity index (χ1) is 17.9. The number of ether oxygens (including phenoxy) is 1. The van der Waals surface area contributed by atoms with Crippen LogP contribution in [0.4, 0.5) is 31.8 Å². The number of amides is 1. The van der Waals surface area contributed by atoms with E-state index >= 15 is 0 Å². The molecule has 3 heterocycles. The van der Waals surface area contributed by atoms with Crippen molar-refractivity contribution >= 4 is 38.8 Å². The van der Waals surface area contributed by atoms with Gasteiger partial charge in [0, 0.05) is 26.2 Å². The van der Waals surface area contributed by atoms with Crippen molar-refractivity contribution in [2.45, 2.75) is 62.3 Å². The molecule has 2 aliphatic heterocycles. The van der Waals surface area contributed by atoms with E-state index in [4.69, 9.17) is 9.72 Å². The van der Waals surface area contributed by atoms with Gasteiger partial charge in [-0.25, -0.2) is 22.2 Å². The third-order valence-corrected chi connectivity index (χ3v) is 9.45. The second-order valence-corrected chi connectivity index (χ2v) is 12.5. The largest absolute Gasteiger partial charge is 0.495 e. The molecule has 0 saturated carbocycles. The molecule has 0 unspecified atom stereocenters. The number of pyridine rings is 1. The van der Waals surface area contributed by atoms with Gasteiger partial charge in [0.2, 0.25) is 5.91 Å². The summed E-state index contributed by atoms with van der Waals surface area (Å²) < 4.78 is 56.7. The van der Waals surface area contributed by atoms with Crippen molar-refractivity contribution < 1.29 is 26.7 Å². The lowest BCUT2D eigenvalue weighted by molar-refractivity contribution is -0.119. The van der Waals surface area contributed by atoms with Gasteiger partial charge >= 0.3 is 0 Å². The number of nitrogens with zero attached hydrogens (tertiary/aromatic N) is 4. The molecule has 0 bridgehead atoms. The van der Waals surface area contributed by atoms with Crippen molar-refractivity contribution in [3.63, 3.8) is 0 Å². The van der Waals surface area contributed by atoms with E-state index in [2.05, 4.69) is 5.32 Å². The minimum absolute atomic E-state index is 0.0351. The average Bonchev–Trinajstić information content (AvgIpc) is 2.88. The molecule has 4 rings (SSSR count). The topological polar surface area (TPSA) is 95.1 Å². The first-order valence-corrected chi connectivity index (χ1v) is 14.2. The smallest absolute Gasteiger partial charge is 0.251 e. The number of hydrogen-bond acceptors (Lipinski definition) is 8. The predicted molar refractivity (Wildman–Crippen MR) is 144 cm³/mol. The molecule has 2 aromatic rings. The lowest BCUT2D eigenvalue weighted by atomic mass is 9.99. The normalized spacial score (nSPS) is 19.3. The molecule has 1 aromatic heterocycles. The van der Waals surface area contributed by atoms with Gasteiger partial charge in [-0.3, -0.25) is 9.69 Å². The summed E-state index contributed by atoms with van der Waals surface area (Å²) in [6.45, 7) is 5.87. The molecule has 38 heavy (non-hydrogen) atoms. The second-order valence-electron chi connectivity index (χ2n) is 10.0. The molecular weight excluding hydrogens is 516 g/mol. The lowest BCUT2D eigenvalue weighted by Gasteiger charge is -2.46. The number of carbonyl (C=O) groups excluding carboxylic acids is 1. The van der Waals surface area contributed by atoms with Crippen molar-refractivity contribution in [3.8, 4) is 5.75 Å². The summed E-state index contributed by atoms with van der Waals surface area (Å²) in [5.41, 5.74) is 1.10. The number of sulfone groups is 1. The molecule has 0 aliphatic carbocycles. The molecular formula is C26H35F2N5O4S. The molecule has 1 saturated heterocycles. The first kappa shape index (κ1) is 28.0. The van der Waals surface area contributed by atoms with E-state index in [-0.39, 0.29) is 23.4 Å². The van der Waals surface area contributed by atoms with Crippen molar-refractivity contribution in [1.82, 2.24) is 9.88 Å². The van der Waals surface area contributed by atoms with E-state index in [0.29, 0.717) is 54.7 Å². The molecule has 9 nitrogen and oxygen atoms in total. The van der Waals surface area contributed by atoms with E-state index in [1.165, 1.54) is 19.2 Å². The Morgan fingerprint density at radius 1 is 1.16 bits per heavy atom. The number of nitrogens with one attached hydrogen (secondary N) is 1. The number of rotatable bonds is 8. The molecule has 1 N–H and O–H groups in total. The highest BCUT2D eigenvalue weighted by atomic mass is 32.2. The van der Waals surface area contributed by atoms with Gasteiger partial charge in [-0.05, 0) is 63.9 Å². The zero-order chi connectivity index (χ0) is 27.8. The van der Waals surface area contributed by atoms with E-state index in [1.54, 1.807) is 48.9 Å². The number of benzene rings is 1. The second kappa shape index (κ2) is 11.0. The molecule has 12 heteroatoms. The molecule has 208 valence electrons. The van der Waals surface area contributed by atoms with Gasteiger partial charge in [-0.15, -0.1) is 0 Å². The minimum atomic E-state index is -3.51. The van der Waals surface area contributed by atoms with Crippen LogP contribution >= 0.6 is 0 Å². The number of likely N-dealkylation sites (N-methyl/N-ethyl adjacent to an activating group) is 1. The monoisotopic (exact) mass is 551 g/mol. The summed E-state index contributed by atoms with van der Waals surface area (Å²) in [6.07, 6.45) is -1.11. The SMILES string of the molecule is COc1ccc(S(=O)(=O)C(C)C)cc1Nc1ccc2c(n1)N(C1CCN(CC(F)F)CC1)[C@H](C)C(=O)N2C. The van der Waals surface area contributed by atoms with Crippen LogP contribution in [0.3, 0.4) is 0 Å². The molecule has 1 atom stereocenters. The fraction of sp³-hybridized carbons (Fsp3) is 0.538. The third kappa shape index (κ3) is 5.42. The Labute approximate surface area is 222 Å². The van der Waals surface area contributed by atoms with Crippen LogP contribution in [0.15, 0.2) is 35.2 Å². The number of likely N-dealkylation sites (tertiary alicyclic amines) is 1. The van der Waals surface area contributed by atoms with Crippen LogP contribution in [-0.2, 0) is 14.6 Å². The summed E-state index contributed by atoms with van der Waals surface area (Å²) in [7, 11) is -0.298. The van der Waals surface area contributed by atoms with Gasteiger partial charge in [0.05, 0.1) is 35.2 Å². The lowest BCUT2D eigenvalue weighted by Crippen LogP contribution is -2.57.